The number of furan rings is 1. The maximum absolute atomic E-state index is 11.8. The smallest absolute Gasteiger partial charge is 0.371 e. The number of sulfone groups is 1. The Labute approximate surface area is 136 Å². The van der Waals surface area contributed by atoms with E-state index in [1.54, 1.807) is 6.92 Å². The quantitative estimate of drug-likeness (QED) is 0.783. The summed E-state index contributed by atoms with van der Waals surface area (Å²) in [6.45, 7) is 3.76. The van der Waals surface area contributed by atoms with E-state index in [1.807, 2.05) is 19.0 Å². The first-order valence-corrected chi connectivity index (χ1v) is 9.42. The maximum atomic E-state index is 11.8. The zero-order valence-electron chi connectivity index (χ0n) is 13.8. The largest absolute Gasteiger partial charge is 0.475 e. The first kappa shape index (κ1) is 18.0. The van der Waals surface area contributed by atoms with E-state index in [-0.39, 0.29) is 23.3 Å². The van der Waals surface area contributed by atoms with E-state index in [2.05, 4.69) is 4.90 Å². The highest BCUT2D eigenvalue weighted by molar-refractivity contribution is 7.91. The summed E-state index contributed by atoms with van der Waals surface area (Å²) < 4.78 is 28.8. The first-order valence-electron chi connectivity index (χ1n) is 7.60. The maximum Gasteiger partial charge on any atom is 0.371 e. The van der Waals surface area contributed by atoms with Crippen molar-refractivity contribution in [3.05, 3.63) is 23.2 Å². The summed E-state index contributed by atoms with van der Waals surface area (Å²) in [5.41, 5.74) is 0.797. The molecule has 130 valence electrons. The lowest BCUT2D eigenvalue weighted by Crippen LogP contribution is -2.40. The predicted octanol–water partition coefficient (Wildman–Crippen LogP) is 0.837. The highest BCUT2D eigenvalue weighted by Crippen LogP contribution is 2.23. The van der Waals surface area contributed by atoms with Crippen LogP contribution in [0.15, 0.2) is 10.5 Å². The SMILES string of the molecule is Cc1oc(C(=O)O)cc1CN(CCN(C)C)C1CCS(=O)(=O)C1. The van der Waals surface area contributed by atoms with Crippen molar-refractivity contribution < 1.29 is 22.7 Å². The Balaban J connectivity index is 2.15. The summed E-state index contributed by atoms with van der Waals surface area (Å²) in [5.74, 6) is -0.214. The van der Waals surface area contributed by atoms with Gasteiger partial charge in [0.1, 0.15) is 5.76 Å². The van der Waals surface area contributed by atoms with E-state index in [9.17, 15) is 13.2 Å². The summed E-state index contributed by atoms with van der Waals surface area (Å²) in [4.78, 5) is 15.2. The summed E-state index contributed by atoms with van der Waals surface area (Å²) >= 11 is 0. The van der Waals surface area contributed by atoms with Crippen molar-refractivity contribution in [2.45, 2.75) is 25.9 Å². The Kier molecular flexibility index (Phi) is 5.49. The van der Waals surface area contributed by atoms with E-state index in [4.69, 9.17) is 9.52 Å². The third kappa shape index (κ3) is 4.79. The molecule has 1 aromatic rings. The lowest BCUT2D eigenvalue weighted by atomic mass is 10.1. The molecule has 2 rings (SSSR count). The van der Waals surface area contributed by atoms with Gasteiger partial charge in [0.15, 0.2) is 9.84 Å². The average molecular weight is 344 g/mol. The number of carboxylic acids is 1. The van der Waals surface area contributed by atoms with Crippen LogP contribution in [0.3, 0.4) is 0 Å². The number of likely N-dealkylation sites (N-methyl/N-ethyl adjacent to an activating group) is 1. The fraction of sp³-hybridized carbons (Fsp3) is 0.667. The van der Waals surface area contributed by atoms with Gasteiger partial charge in [0, 0.05) is 31.2 Å². The van der Waals surface area contributed by atoms with E-state index < -0.39 is 15.8 Å². The van der Waals surface area contributed by atoms with Crippen molar-refractivity contribution in [1.82, 2.24) is 9.80 Å². The Morgan fingerprint density at radius 3 is 2.57 bits per heavy atom. The van der Waals surface area contributed by atoms with Gasteiger partial charge in [-0.2, -0.15) is 0 Å². The second-order valence-electron chi connectivity index (χ2n) is 6.33. The number of aromatic carboxylic acids is 1. The lowest BCUT2D eigenvalue weighted by Gasteiger charge is -2.29. The second kappa shape index (κ2) is 7.02. The van der Waals surface area contributed by atoms with Gasteiger partial charge >= 0.3 is 5.97 Å². The van der Waals surface area contributed by atoms with Crippen molar-refractivity contribution in [1.29, 1.82) is 0 Å². The monoisotopic (exact) mass is 344 g/mol. The number of hydrogen-bond acceptors (Lipinski definition) is 6. The standard InChI is InChI=1S/C15H24N2O5S/c1-11-12(8-14(22-11)15(18)19)9-17(6-5-16(2)3)13-4-7-23(20,21)10-13/h8,13H,4-7,9-10H2,1-3H3,(H,18,19). The van der Waals surface area contributed by atoms with Crippen molar-refractivity contribution in [3.63, 3.8) is 0 Å². The van der Waals surface area contributed by atoms with Crippen LogP contribution in [0.25, 0.3) is 0 Å². The van der Waals surface area contributed by atoms with Crippen LogP contribution in [0.5, 0.6) is 0 Å². The molecule has 1 saturated heterocycles. The van der Waals surface area contributed by atoms with Crippen molar-refractivity contribution >= 4 is 15.8 Å². The van der Waals surface area contributed by atoms with Gasteiger partial charge in [0.25, 0.3) is 0 Å². The number of aryl methyl sites for hydroxylation is 1. The summed E-state index contributed by atoms with van der Waals surface area (Å²) in [6.07, 6.45) is 0.623. The molecular formula is C15H24N2O5S. The van der Waals surface area contributed by atoms with Gasteiger partial charge in [-0.3, -0.25) is 4.90 Å². The minimum Gasteiger partial charge on any atom is -0.475 e. The molecule has 1 unspecified atom stereocenters. The summed E-state index contributed by atoms with van der Waals surface area (Å²) in [6, 6.07) is 1.51. The molecule has 1 N–H and O–H groups in total. The van der Waals surface area contributed by atoms with E-state index in [1.165, 1.54) is 6.07 Å². The van der Waals surface area contributed by atoms with Crippen LogP contribution in [-0.4, -0.2) is 74.0 Å². The molecule has 2 heterocycles. The van der Waals surface area contributed by atoms with E-state index in [0.717, 1.165) is 18.7 Å². The number of carbonyl (C=O) groups is 1. The molecule has 0 aliphatic carbocycles. The molecule has 0 aromatic carbocycles. The van der Waals surface area contributed by atoms with E-state index >= 15 is 0 Å². The minimum absolute atomic E-state index is 0.0254. The molecular weight excluding hydrogens is 320 g/mol. The third-order valence-electron chi connectivity index (χ3n) is 4.16. The molecule has 0 amide bonds. The van der Waals surface area contributed by atoms with Gasteiger partial charge in [-0.05, 0) is 33.5 Å². The van der Waals surface area contributed by atoms with Gasteiger partial charge < -0.3 is 14.4 Å². The van der Waals surface area contributed by atoms with Crippen LogP contribution in [0.1, 0.15) is 28.3 Å². The fourth-order valence-electron chi connectivity index (χ4n) is 2.78. The van der Waals surface area contributed by atoms with Crippen molar-refractivity contribution in [2.75, 3.05) is 38.7 Å². The normalized spacial score (nSPS) is 20.5. The average Bonchev–Trinajstić information content (AvgIpc) is 2.97. The molecule has 8 heteroatoms. The molecule has 1 aliphatic rings. The molecule has 0 radical (unpaired) electrons. The molecule has 1 aromatic heterocycles. The van der Waals surface area contributed by atoms with Crippen LogP contribution in [0.4, 0.5) is 0 Å². The minimum atomic E-state index is -2.96. The summed E-state index contributed by atoms with van der Waals surface area (Å²) in [7, 11) is 0.972. The molecule has 0 saturated carbocycles. The van der Waals surface area contributed by atoms with Gasteiger partial charge in [-0.15, -0.1) is 0 Å². The zero-order chi connectivity index (χ0) is 17.2. The van der Waals surface area contributed by atoms with Crippen LogP contribution in [-0.2, 0) is 16.4 Å². The number of nitrogens with zero attached hydrogens (tertiary/aromatic N) is 2. The number of carboxylic acid groups (broad SMARTS) is 1. The number of hydrogen-bond donors (Lipinski definition) is 1. The van der Waals surface area contributed by atoms with E-state index in [0.29, 0.717) is 18.7 Å². The van der Waals surface area contributed by atoms with Gasteiger partial charge in [-0.25, -0.2) is 13.2 Å². The van der Waals surface area contributed by atoms with Crippen LogP contribution >= 0.6 is 0 Å². The van der Waals surface area contributed by atoms with Crippen molar-refractivity contribution in [3.8, 4) is 0 Å². The van der Waals surface area contributed by atoms with Crippen LogP contribution in [0, 0.1) is 6.92 Å². The molecule has 0 spiro atoms. The number of rotatable bonds is 7. The van der Waals surface area contributed by atoms with Gasteiger partial charge in [0.2, 0.25) is 5.76 Å². The molecule has 0 bridgehead atoms. The Hall–Kier alpha value is -1.38. The first-order chi connectivity index (χ1) is 10.7. The predicted molar refractivity (Wildman–Crippen MR) is 86.4 cm³/mol. The lowest BCUT2D eigenvalue weighted by molar-refractivity contribution is 0.0661. The highest BCUT2D eigenvalue weighted by atomic mass is 32.2. The Morgan fingerprint density at radius 1 is 1.39 bits per heavy atom. The topological polar surface area (TPSA) is 91.1 Å². The molecule has 23 heavy (non-hydrogen) atoms. The van der Waals surface area contributed by atoms with Crippen LogP contribution < -0.4 is 0 Å². The van der Waals surface area contributed by atoms with Gasteiger partial charge in [-0.1, -0.05) is 0 Å². The molecule has 1 fully saturated rings. The fourth-order valence-corrected chi connectivity index (χ4v) is 4.55. The second-order valence-corrected chi connectivity index (χ2v) is 8.56. The zero-order valence-corrected chi connectivity index (χ0v) is 14.6. The molecule has 1 aliphatic heterocycles. The van der Waals surface area contributed by atoms with Crippen LogP contribution in [0.2, 0.25) is 0 Å². The Morgan fingerprint density at radius 2 is 2.09 bits per heavy atom. The summed E-state index contributed by atoms with van der Waals surface area (Å²) in [5, 5.41) is 9.02. The Bertz CT molecular complexity index is 665. The molecule has 7 nitrogen and oxygen atoms in total. The molecule has 1 atom stereocenters. The van der Waals surface area contributed by atoms with Crippen molar-refractivity contribution in [2.24, 2.45) is 0 Å². The highest BCUT2D eigenvalue weighted by Gasteiger charge is 2.32. The van der Waals surface area contributed by atoms with Gasteiger partial charge in [0.05, 0.1) is 11.5 Å². The third-order valence-corrected chi connectivity index (χ3v) is 5.91.